The van der Waals surface area contributed by atoms with Gasteiger partial charge in [0.2, 0.25) is 0 Å². The van der Waals surface area contributed by atoms with Crippen LogP contribution in [-0.2, 0) is 23.9 Å². The molecule has 1 saturated carbocycles. The summed E-state index contributed by atoms with van der Waals surface area (Å²) in [5.74, 6) is -0.922. The maximum absolute atomic E-state index is 13.5. The molecule has 2 aliphatic heterocycles. The predicted molar refractivity (Wildman–Crippen MR) is 176 cm³/mol. The molecule has 0 radical (unpaired) electrons. The molecule has 3 atom stereocenters. The van der Waals surface area contributed by atoms with Crippen molar-refractivity contribution in [2.75, 3.05) is 52.3 Å². The van der Waals surface area contributed by atoms with E-state index < -0.39 is 17.6 Å². The Morgan fingerprint density at radius 3 is 2.31 bits per heavy atom. The highest BCUT2D eigenvalue weighted by atomic mass is 35.5. The van der Waals surface area contributed by atoms with Gasteiger partial charge in [0.15, 0.2) is 11.2 Å². The van der Waals surface area contributed by atoms with Crippen molar-refractivity contribution in [3.05, 3.63) is 28.8 Å². The molecular weight excluding hydrogens is 616 g/mol. The smallest absolute Gasteiger partial charge is 0.332 e. The van der Waals surface area contributed by atoms with E-state index in [2.05, 4.69) is 9.80 Å². The molecule has 0 N–H and O–H groups in total. The van der Waals surface area contributed by atoms with Gasteiger partial charge >= 0.3 is 5.97 Å². The summed E-state index contributed by atoms with van der Waals surface area (Å²) in [6.07, 6.45) is 3.56. The van der Waals surface area contributed by atoms with Crippen LogP contribution in [0.5, 0.6) is 0 Å². The van der Waals surface area contributed by atoms with Crippen LogP contribution in [0.4, 0.5) is 5.69 Å². The zero-order valence-corrected chi connectivity index (χ0v) is 28.9. The number of ether oxygens (including phenoxy) is 2. The van der Waals surface area contributed by atoms with E-state index in [0.29, 0.717) is 36.1 Å². The molecule has 11 nitrogen and oxygen atoms in total. The highest BCUT2D eigenvalue weighted by molar-refractivity contribution is 7.80. The molecule has 2 heterocycles. The molecule has 13 heteroatoms. The van der Waals surface area contributed by atoms with E-state index >= 15 is 0 Å². The first-order valence-corrected chi connectivity index (χ1v) is 16.3. The lowest BCUT2D eigenvalue weighted by molar-refractivity contribution is -0.159. The van der Waals surface area contributed by atoms with Gasteiger partial charge in [-0.1, -0.05) is 11.6 Å². The normalized spacial score (nSPS) is 26.5. The van der Waals surface area contributed by atoms with E-state index in [4.69, 9.17) is 33.3 Å². The van der Waals surface area contributed by atoms with Crippen LogP contribution in [0.15, 0.2) is 18.2 Å². The molecule has 0 bridgehead atoms. The zero-order valence-electron chi connectivity index (χ0n) is 27.3. The van der Waals surface area contributed by atoms with Gasteiger partial charge in [-0.05, 0) is 83.8 Å². The average Bonchev–Trinajstić information content (AvgIpc) is 3.17. The number of hydrogen-bond acceptors (Lipinski definition) is 9. The molecule has 45 heavy (non-hydrogen) atoms. The number of nitrogens with zero attached hydrogens (tertiary/aromatic N) is 6. The number of carbonyl (C=O) groups is 3. The highest BCUT2D eigenvalue weighted by Gasteiger charge is 2.52. The van der Waals surface area contributed by atoms with E-state index in [9.17, 15) is 19.6 Å². The molecule has 0 aromatic heterocycles. The molecule has 2 saturated heterocycles. The minimum absolute atomic E-state index is 0.0209. The van der Waals surface area contributed by atoms with Crippen LogP contribution in [0.2, 0.25) is 5.02 Å². The summed E-state index contributed by atoms with van der Waals surface area (Å²) in [5.41, 5.74) is 0.105. The van der Waals surface area contributed by atoms with Crippen molar-refractivity contribution in [3.63, 3.8) is 0 Å². The van der Waals surface area contributed by atoms with Crippen molar-refractivity contribution in [2.45, 2.75) is 89.2 Å². The van der Waals surface area contributed by atoms with E-state index in [1.54, 1.807) is 32.3 Å². The van der Waals surface area contributed by atoms with Crippen molar-refractivity contribution in [3.8, 4) is 6.07 Å². The number of rotatable bonds is 9. The SMILES string of the molecule is COC(=O)C(C(=O)N(C)C)N1[C@H](C)CN(CCOC2CCC(N3C(=S)N(c4ccc(C#N)c(Cl)c4)C(=O)C3(C)C)CC2)C[C@@H]1C. The number of likely N-dealkylation sites (N-methyl/N-ethyl adjacent to an activating group) is 1. The number of benzene rings is 1. The van der Waals surface area contributed by atoms with E-state index in [0.717, 1.165) is 32.2 Å². The molecule has 1 aromatic carbocycles. The van der Waals surface area contributed by atoms with Crippen LogP contribution >= 0.6 is 23.8 Å². The van der Waals surface area contributed by atoms with Crippen LogP contribution in [0, 0.1) is 11.3 Å². The Morgan fingerprint density at radius 2 is 1.78 bits per heavy atom. The third kappa shape index (κ3) is 7.13. The summed E-state index contributed by atoms with van der Waals surface area (Å²) in [6.45, 7) is 10.7. The van der Waals surface area contributed by atoms with Crippen LogP contribution in [0.1, 0.15) is 58.9 Å². The molecule has 0 spiro atoms. The number of amides is 2. The number of piperazine rings is 1. The fraction of sp³-hybridized carbons (Fsp3) is 0.656. The highest BCUT2D eigenvalue weighted by Crippen LogP contribution is 2.39. The van der Waals surface area contributed by atoms with Gasteiger partial charge in [0.05, 0.1) is 36.1 Å². The second kappa shape index (κ2) is 14.3. The van der Waals surface area contributed by atoms with Crippen LogP contribution < -0.4 is 4.90 Å². The van der Waals surface area contributed by atoms with Crippen molar-refractivity contribution >= 4 is 52.4 Å². The summed E-state index contributed by atoms with van der Waals surface area (Å²) >= 11 is 12.1. The van der Waals surface area contributed by atoms with E-state index in [-0.39, 0.29) is 41.1 Å². The lowest BCUT2D eigenvalue weighted by Gasteiger charge is -2.47. The molecule has 1 aromatic rings. The molecule has 3 fully saturated rings. The quantitative estimate of drug-likeness (QED) is 0.222. The summed E-state index contributed by atoms with van der Waals surface area (Å²) in [7, 11) is 4.62. The van der Waals surface area contributed by atoms with Crippen LogP contribution in [0.25, 0.3) is 0 Å². The molecule has 1 aliphatic carbocycles. The molecule has 2 amide bonds. The Morgan fingerprint density at radius 1 is 1.16 bits per heavy atom. The second-order valence-electron chi connectivity index (χ2n) is 13.0. The molecule has 1 unspecified atom stereocenters. The van der Waals surface area contributed by atoms with Crippen LogP contribution in [0.3, 0.4) is 0 Å². The Bertz CT molecular complexity index is 1330. The van der Waals surface area contributed by atoms with Crippen LogP contribution in [-0.4, -0.2) is 126 Å². The first kappa shape index (κ1) is 35.0. The van der Waals surface area contributed by atoms with Crippen molar-refractivity contribution in [1.82, 2.24) is 19.6 Å². The standard InChI is InChI=1S/C32H45ClN6O5S/c1-20-18-36(19-21(2)37(20)27(29(41)43-7)28(40)35(5)6)14-15-44-25-12-10-23(11-13-25)39-31(45)38(30(42)32(39,3)4)24-9-8-22(17-34)26(33)16-24/h8-9,16,20-21,23,25,27H,10-15,18-19H2,1-7H3/t20-,21+,23?,25?,27?. The lowest BCUT2D eigenvalue weighted by Crippen LogP contribution is -2.65. The number of esters is 1. The second-order valence-corrected chi connectivity index (χ2v) is 13.8. The van der Waals surface area contributed by atoms with Gasteiger partial charge in [0, 0.05) is 51.9 Å². The first-order chi connectivity index (χ1) is 21.2. The third-order valence-electron chi connectivity index (χ3n) is 9.29. The topological polar surface area (TPSA) is 110 Å². The van der Waals surface area contributed by atoms with Gasteiger partial charge in [0.25, 0.3) is 11.8 Å². The van der Waals surface area contributed by atoms with Crippen molar-refractivity contribution < 1.29 is 23.9 Å². The number of anilines is 1. The van der Waals surface area contributed by atoms with Gasteiger partial charge in [0.1, 0.15) is 11.6 Å². The number of carbonyl (C=O) groups excluding carboxylic acids is 3. The van der Waals surface area contributed by atoms with Crippen molar-refractivity contribution in [1.29, 1.82) is 5.26 Å². The number of hydrogen-bond donors (Lipinski definition) is 0. The number of methoxy groups -OCH3 is 1. The lowest BCUT2D eigenvalue weighted by atomic mass is 9.89. The summed E-state index contributed by atoms with van der Waals surface area (Å²) in [5, 5.41) is 9.98. The average molecular weight is 661 g/mol. The Hall–Kier alpha value is -2.82. The summed E-state index contributed by atoms with van der Waals surface area (Å²) < 4.78 is 11.3. The number of thiocarbonyl (C=S) groups is 1. The van der Waals surface area contributed by atoms with E-state index in [1.807, 2.05) is 38.7 Å². The van der Waals surface area contributed by atoms with Gasteiger partial charge in [-0.25, -0.2) is 4.79 Å². The zero-order chi connectivity index (χ0) is 33.2. The molecule has 246 valence electrons. The Balaban J connectivity index is 1.29. The summed E-state index contributed by atoms with van der Waals surface area (Å²) in [4.78, 5) is 48.3. The molecule has 4 rings (SSSR count). The minimum Gasteiger partial charge on any atom is -0.467 e. The maximum atomic E-state index is 13.5. The fourth-order valence-corrected chi connectivity index (χ4v) is 7.83. The first-order valence-electron chi connectivity index (χ1n) is 15.5. The van der Waals surface area contributed by atoms with E-state index in [1.165, 1.54) is 16.9 Å². The summed E-state index contributed by atoms with van der Waals surface area (Å²) in [6, 6.07) is 6.10. The van der Waals surface area contributed by atoms with Gasteiger partial charge in [-0.15, -0.1) is 0 Å². The number of nitriles is 1. The predicted octanol–water partition coefficient (Wildman–Crippen LogP) is 3.28. The van der Waals surface area contributed by atoms with Gasteiger partial charge < -0.3 is 19.3 Å². The largest absolute Gasteiger partial charge is 0.467 e. The molecule has 3 aliphatic rings. The Labute approximate surface area is 276 Å². The van der Waals surface area contributed by atoms with Crippen molar-refractivity contribution in [2.24, 2.45) is 0 Å². The fourth-order valence-electron chi connectivity index (χ4n) is 7.05. The monoisotopic (exact) mass is 660 g/mol. The minimum atomic E-state index is -0.957. The maximum Gasteiger partial charge on any atom is 0.332 e. The third-order valence-corrected chi connectivity index (χ3v) is 9.98. The Kier molecular flexibility index (Phi) is 11.1. The van der Waals surface area contributed by atoms with Gasteiger partial charge in [-0.2, -0.15) is 5.26 Å². The van der Waals surface area contributed by atoms with Gasteiger partial charge in [-0.3, -0.25) is 24.3 Å². The number of halogens is 1. The molecular formula is C32H45ClN6O5S.